The van der Waals surface area contributed by atoms with E-state index in [9.17, 15) is 14.4 Å². The predicted octanol–water partition coefficient (Wildman–Crippen LogP) is 4.03. The molecule has 0 saturated heterocycles. The maximum Gasteiger partial charge on any atom is 0.271 e. The summed E-state index contributed by atoms with van der Waals surface area (Å²) in [5.74, 6) is -0.387. The number of carbonyl (C=O) groups excluding carboxylic acids is 3. The number of hydrogen-bond acceptors (Lipinski definition) is 4. The maximum atomic E-state index is 13.4. The largest absolute Gasteiger partial charge is 0.476 e. The Hall–Kier alpha value is -4.13. The van der Waals surface area contributed by atoms with Crippen LogP contribution in [0.25, 0.3) is 0 Å². The number of para-hydroxylation sites is 2. The number of nitrogens with one attached hydrogen (secondary N) is 1. The summed E-state index contributed by atoms with van der Waals surface area (Å²) in [5, 5.41) is 2.81. The van der Waals surface area contributed by atoms with E-state index in [2.05, 4.69) is 5.32 Å². The van der Waals surface area contributed by atoms with Gasteiger partial charge in [-0.05, 0) is 62.2 Å². The Morgan fingerprint density at radius 3 is 2.50 bits per heavy atom. The summed E-state index contributed by atoms with van der Waals surface area (Å²) in [6.45, 7) is 3.74. The minimum Gasteiger partial charge on any atom is -0.476 e. The van der Waals surface area contributed by atoms with Gasteiger partial charge in [0.15, 0.2) is 5.60 Å². The van der Waals surface area contributed by atoms with Crippen LogP contribution in [-0.2, 0) is 16.0 Å². The van der Waals surface area contributed by atoms with Crippen molar-refractivity contribution in [2.45, 2.75) is 25.9 Å². The fraction of sp³-hybridized carbons (Fsp3) is 0.222. The molecule has 2 heterocycles. The first-order valence-electron chi connectivity index (χ1n) is 11.2. The van der Waals surface area contributed by atoms with Crippen molar-refractivity contribution in [3.8, 4) is 5.75 Å². The first-order valence-corrected chi connectivity index (χ1v) is 11.2. The van der Waals surface area contributed by atoms with Crippen LogP contribution in [0, 0.1) is 0 Å². The smallest absolute Gasteiger partial charge is 0.271 e. The predicted molar refractivity (Wildman–Crippen MR) is 130 cm³/mol. The molecule has 0 radical (unpaired) electrons. The third-order valence-corrected chi connectivity index (χ3v) is 6.11. The number of ether oxygens (including phenoxy) is 1. The molecule has 0 saturated carbocycles. The molecule has 2 aliphatic rings. The molecule has 0 aromatic heterocycles. The molecule has 7 heteroatoms. The number of nitrogens with zero attached hydrogens (tertiary/aromatic N) is 2. The normalized spacial score (nSPS) is 15.9. The van der Waals surface area contributed by atoms with Gasteiger partial charge in [0.05, 0.1) is 5.69 Å². The van der Waals surface area contributed by atoms with Gasteiger partial charge in [-0.15, -0.1) is 0 Å². The van der Waals surface area contributed by atoms with Gasteiger partial charge in [-0.1, -0.05) is 36.4 Å². The lowest BCUT2D eigenvalue weighted by Gasteiger charge is -2.38. The summed E-state index contributed by atoms with van der Waals surface area (Å²) in [7, 11) is 0. The van der Waals surface area contributed by atoms with E-state index in [1.54, 1.807) is 49.1 Å². The molecule has 0 atom stereocenters. The first kappa shape index (κ1) is 21.7. The third kappa shape index (κ3) is 3.90. The summed E-state index contributed by atoms with van der Waals surface area (Å²) < 4.78 is 5.93. The van der Waals surface area contributed by atoms with Gasteiger partial charge in [-0.2, -0.15) is 0 Å². The Morgan fingerprint density at radius 1 is 0.971 bits per heavy atom. The van der Waals surface area contributed by atoms with Crippen LogP contribution in [0.2, 0.25) is 0 Å². The Bertz CT molecular complexity index is 1290. The summed E-state index contributed by atoms with van der Waals surface area (Å²) in [4.78, 5) is 42.5. The molecule has 2 aliphatic heterocycles. The van der Waals surface area contributed by atoms with E-state index in [1.165, 1.54) is 4.90 Å². The molecular formula is C27H25N3O4. The molecular weight excluding hydrogens is 430 g/mol. The zero-order chi connectivity index (χ0) is 23.9. The van der Waals surface area contributed by atoms with E-state index in [0.29, 0.717) is 29.2 Å². The Kier molecular flexibility index (Phi) is 5.32. The Balaban J connectivity index is 1.45. The van der Waals surface area contributed by atoms with Gasteiger partial charge in [0.25, 0.3) is 11.8 Å². The average molecular weight is 456 g/mol. The molecule has 7 nitrogen and oxygen atoms in total. The first-order chi connectivity index (χ1) is 16.3. The fourth-order valence-corrected chi connectivity index (χ4v) is 4.43. The maximum absolute atomic E-state index is 13.4. The lowest BCUT2D eigenvalue weighted by atomic mass is 10.0. The monoisotopic (exact) mass is 455 g/mol. The number of rotatable bonds is 4. The Morgan fingerprint density at radius 2 is 1.71 bits per heavy atom. The second-order valence-corrected chi connectivity index (χ2v) is 8.94. The van der Waals surface area contributed by atoms with Gasteiger partial charge >= 0.3 is 0 Å². The number of hydrogen-bond donors (Lipinski definition) is 1. The van der Waals surface area contributed by atoms with Crippen LogP contribution in [0.4, 0.5) is 17.1 Å². The van der Waals surface area contributed by atoms with Gasteiger partial charge in [-0.25, -0.2) is 0 Å². The summed E-state index contributed by atoms with van der Waals surface area (Å²) in [6, 6.07) is 21.9. The summed E-state index contributed by atoms with van der Waals surface area (Å²) in [6.07, 6.45) is 0.800. The van der Waals surface area contributed by atoms with Crippen LogP contribution >= 0.6 is 0 Å². The fourth-order valence-electron chi connectivity index (χ4n) is 4.43. The van der Waals surface area contributed by atoms with Crippen molar-refractivity contribution in [2.24, 2.45) is 0 Å². The number of anilines is 3. The minimum atomic E-state index is -1.14. The molecule has 0 bridgehead atoms. The van der Waals surface area contributed by atoms with Crippen molar-refractivity contribution < 1.29 is 19.1 Å². The van der Waals surface area contributed by atoms with Gasteiger partial charge in [-0.3, -0.25) is 19.3 Å². The molecule has 0 unspecified atom stereocenters. The lowest BCUT2D eigenvalue weighted by molar-refractivity contribution is -0.133. The van der Waals surface area contributed by atoms with Crippen LogP contribution in [0.3, 0.4) is 0 Å². The molecule has 3 aromatic carbocycles. The highest BCUT2D eigenvalue weighted by Crippen LogP contribution is 2.39. The van der Waals surface area contributed by atoms with Crippen molar-refractivity contribution in [2.75, 3.05) is 28.2 Å². The average Bonchev–Trinajstić information content (AvgIpc) is 3.26. The van der Waals surface area contributed by atoms with Crippen molar-refractivity contribution in [1.82, 2.24) is 0 Å². The van der Waals surface area contributed by atoms with E-state index < -0.39 is 5.60 Å². The number of amides is 3. The third-order valence-electron chi connectivity index (χ3n) is 6.11. The molecule has 3 aromatic rings. The van der Waals surface area contributed by atoms with Crippen LogP contribution in [0.1, 0.15) is 29.8 Å². The number of carbonyl (C=O) groups is 3. The van der Waals surface area contributed by atoms with Crippen LogP contribution in [-0.4, -0.2) is 36.4 Å². The van der Waals surface area contributed by atoms with Gasteiger partial charge in [0.2, 0.25) is 5.91 Å². The second kappa shape index (κ2) is 8.33. The molecule has 0 fully saturated rings. The highest BCUT2D eigenvalue weighted by Gasteiger charge is 2.42. The number of fused-ring (bicyclic) bond motifs is 2. The molecule has 3 amide bonds. The van der Waals surface area contributed by atoms with Crippen LogP contribution in [0.15, 0.2) is 72.8 Å². The Labute approximate surface area is 197 Å². The molecule has 172 valence electrons. The van der Waals surface area contributed by atoms with Crippen molar-refractivity contribution >= 4 is 34.8 Å². The van der Waals surface area contributed by atoms with Crippen LogP contribution < -0.4 is 19.9 Å². The topological polar surface area (TPSA) is 79.0 Å². The van der Waals surface area contributed by atoms with E-state index in [1.807, 2.05) is 42.5 Å². The van der Waals surface area contributed by atoms with Gasteiger partial charge in [0, 0.05) is 23.5 Å². The molecule has 1 N–H and O–H groups in total. The van der Waals surface area contributed by atoms with E-state index in [-0.39, 0.29) is 24.3 Å². The van der Waals surface area contributed by atoms with Gasteiger partial charge in [0.1, 0.15) is 12.3 Å². The molecule has 5 rings (SSSR count). The SMILES string of the molecule is CC1(C)Oc2ccc(C(=O)N3CCc4ccccc43)cc2N(CC(=O)Nc2ccccc2)C1=O. The lowest BCUT2D eigenvalue weighted by Crippen LogP contribution is -2.54. The minimum absolute atomic E-state index is 0.154. The van der Waals surface area contributed by atoms with E-state index >= 15 is 0 Å². The van der Waals surface area contributed by atoms with E-state index in [4.69, 9.17) is 4.74 Å². The quantitative estimate of drug-likeness (QED) is 0.644. The van der Waals surface area contributed by atoms with Crippen LogP contribution in [0.5, 0.6) is 5.75 Å². The highest BCUT2D eigenvalue weighted by atomic mass is 16.5. The van der Waals surface area contributed by atoms with Crippen molar-refractivity contribution in [3.05, 3.63) is 83.9 Å². The summed E-state index contributed by atoms with van der Waals surface area (Å²) in [5.41, 5.74) is 2.38. The molecule has 0 spiro atoms. The zero-order valence-corrected chi connectivity index (χ0v) is 19.1. The van der Waals surface area contributed by atoms with E-state index in [0.717, 1.165) is 17.7 Å². The molecule has 0 aliphatic carbocycles. The van der Waals surface area contributed by atoms with Gasteiger partial charge < -0.3 is 15.0 Å². The van der Waals surface area contributed by atoms with Crippen molar-refractivity contribution in [3.63, 3.8) is 0 Å². The second-order valence-electron chi connectivity index (χ2n) is 8.94. The highest BCUT2D eigenvalue weighted by molar-refractivity contribution is 6.11. The summed E-state index contributed by atoms with van der Waals surface area (Å²) >= 11 is 0. The zero-order valence-electron chi connectivity index (χ0n) is 19.1. The van der Waals surface area contributed by atoms with Crippen molar-refractivity contribution in [1.29, 1.82) is 0 Å². The molecule has 34 heavy (non-hydrogen) atoms. The standard InChI is InChI=1S/C27H25N3O4/c1-27(2)26(33)30(17-24(31)28-20-9-4-3-5-10-20)22-16-19(12-13-23(22)34-27)25(32)29-15-14-18-8-6-7-11-21(18)29/h3-13,16H,14-15,17H2,1-2H3,(H,28,31). The number of benzene rings is 3.